The van der Waals surface area contributed by atoms with Crippen LogP contribution in [0.5, 0.6) is 0 Å². The fraction of sp³-hybridized carbons (Fsp3) is 0.214. The Hall–Kier alpha value is -2.43. The molecule has 0 atom stereocenters. The highest BCUT2D eigenvalue weighted by Crippen LogP contribution is 2.39. The number of fused-ring (bicyclic) bond motifs is 5. The number of anilines is 2. The SMILES string of the molecule is O=C1NC=CNc2c1oc1ccc3c(c21)CCCN3. The zero-order chi connectivity index (χ0) is 12.8. The van der Waals surface area contributed by atoms with Crippen molar-refractivity contribution in [2.75, 3.05) is 17.2 Å². The van der Waals surface area contributed by atoms with Crippen LogP contribution in [0.2, 0.25) is 0 Å². The molecule has 1 aromatic carbocycles. The first-order valence-electron chi connectivity index (χ1n) is 6.39. The Labute approximate surface area is 109 Å². The topological polar surface area (TPSA) is 66.3 Å². The molecule has 1 amide bonds. The highest BCUT2D eigenvalue weighted by molar-refractivity contribution is 6.09. The van der Waals surface area contributed by atoms with E-state index in [0.29, 0.717) is 5.76 Å². The first-order chi connectivity index (χ1) is 9.34. The van der Waals surface area contributed by atoms with Crippen LogP contribution >= 0.6 is 0 Å². The summed E-state index contributed by atoms with van der Waals surface area (Å²) in [5.74, 6) is 0.129. The molecule has 0 saturated heterocycles. The van der Waals surface area contributed by atoms with Gasteiger partial charge in [0.1, 0.15) is 5.58 Å². The Morgan fingerprint density at radius 1 is 1.16 bits per heavy atom. The molecule has 0 saturated carbocycles. The number of amides is 1. The number of carbonyl (C=O) groups excluding carboxylic acids is 1. The van der Waals surface area contributed by atoms with Crippen molar-refractivity contribution in [1.82, 2.24) is 5.32 Å². The van der Waals surface area contributed by atoms with Gasteiger partial charge >= 0.3 is 0 Å². The lowest BCUT2D eigenvalue weighted by Crippen LogP contribution is -2.15. The Kier molecular flexibility index (Phi) is 2.09. The molecule has 19 heavy (non-hydrogen) atoms. The predicted octanol–water partition coefficient (Wildman–Crippen LogP) is 2.42. The van der Waals surface area contributed by atoms with Crippen LogP contribution < -0.4 is 16.0 Å². The van der Waals surface area contributed by atoms with Crippen LogP contribution in [-0.4, -0.2) is 12.5 Å². The first kappa shape index (κ1) is 10.5. The Morgan fingerprint density at radius 3 is 3.00 bits per heavy atom. The maximum atomic E-state index is 11.9. The number of carbonyl (C=O) groups is 1. The number of aryl methyl sites for hydroxylation is 1. The minimum absolute atomic E-state index is 0.218. The van der Waals surface area contributed by atoms with Gasteiger partial charge < -0.3 is 20.4 Å². The van der Waals surface area contributed by atoms with Gasteiger partial charge in [-0.05, 0) is 30.5 Å². The molecule has 0 bridgehead atoms. The van der Waals surface area contributed by atoms with Gasteiger partial charge in [-0.25, -0.2) is 0 Å². The van der Waals surface area contributed by atoms with Gasteiger partial charge in [0, 0.05) is 24.6 Å². The summed E-state index contributed by atoms with van der Waals surface area (Å²) < 4.78 is 5.71. The fourth-order valence-corrected chi connectivity index (χ4v) is 2.78. The summed E-state index contributed by atoms with van der Waals surface area (Å²) in [4.78, 5) is 11.9. The number of benzene rings is 1. The molecule has 4 rings (SSSR count). The van der Waals surface area contributed by atoms with Crippen LogP contribution in [-0.2, 0) is 6.42 Å². The number of hydrogen-bond acceptors (Lipinski definition) is 4. The fourth-order valence-electron chi connectivity index (χ4n) is 2.78. The van der Waals surface area contributed by atoms with Gasteiger partial charge in [-0.3, -0.25) is 4.79 Å². The van der Waals surface area contributed by atoms with Crippen molar-refractivity contribution >= 4 is 28.3 Å². The molecule has 1 aromatic heterocycles. The van der Waals surface area contributed by atoms with Crippen molar-refractivity contribution in [2.45, 2.75) is 12.8 Å². The average molecular weight is 255 g/mol. The summed E-state index contributed by atoms with van der Waals surface area (Å²) in [6, 6.07) is 3.94. The molecule has 5 nitrogen and oxygen atoms in total. The molecule has 2 aliphatic heterocycles. The van der Waals surface area contributed by atoms with Crippen molar-refractivity contribution in [3.8, 4) is 0 Å². The van der Waals surface area contributed by atoms with Crippen molar-refractivity contribution in [3.05, 3.63) is 35.9 Å². The van der Waals surface area contributed by atoms with E-state index in [1.54, 1.807) is 12.4 Å². The smallest absolute Gasteiger partial charge is 0.293 e. The summed E-state index contributed by atoms with van der Waals surface area (Å²) in [7, 11) is 0. The van der Waals surface area contributed by atoms with Crippen molar-refractivity contribution < 1.29 is 9.21 Å². The molecule has 96 valence electrons. The van der Waals surface area contributed by atoms with Gasteiger partial charge in [-0.15, -0.1) is 0 Å². The second-order valence-electron chi connectivity index (χ2n) is 4.75. The third-order valence-electron chi connectivity index (χ3n) is 3.61. The monoisotopic (exact) mass is 255 g/mol. The number of hydrogen-bond donors (Lipinski definition) is 3. The van der Waals surface area contributed by atoms with E-state index in [4.69, 9.17) is 4.42 Å². The van der Waals surface area contributed by atoms with Crippen LogP contribution in [0.1, 0.15) is 22.5 Å². The zero-order valence-corrected chi connectivity index (χ0v) is 10.2. The van der Waals surface area contributed by atoms with Crippen molar-refractivity contribution in [2.24, 2.45) is 0 Å². The highest BCUT2D eigenvalue weighted by atomic mass is 16.3. The summed E-state index contributed by atoms with van der Waals surface area (Å²) in [6.45, 7) is 0.992. The lowest BCUT2D eigenvalue weighted by Gasteiger charge is -2.18. The molecule has 0 fully saturated rings. The van der Waals surface area contributed by atoms with E-state index in [2.05, 4.69) is 16.0 Å². The Bertz CT molecular complexity index is 715. The minimum Gasteiger partial charge on any atom is -0.449 e. The van der Waals surface area contributed by atoms with Crippen molar-refractivity contribution in [1.29, 1.82) is 0 Å². The molecule has 0 unspecified atom stereocenters. The van der Waals surface area contributed by atoms with Gasteiger partial charge in [-0.1, -0.05) is 0 Å². The lowest BCUT2D eigenvalue weighted by molar-refractivity contribution is 0.0947. The second-order valence-corrected chi connectivity index (χ2v) is 4.75. The molecule has 5 heteroatoms. The predicted molar refractivity (Wildman–Crippen MR) is 73.3 cm³/mol. The van der Waals surface area contributed by atoms with E-state index in [1.165, 1.54) is 5.56 Å². The van der Waals surface area contributed by atoms with Crippen molar-refractivity contribution in [3.63, 3.8) is 0 Å². The van der Waals surface area contributed by atoms with Crippen LogP contribution in [0, 0.1) is 0 Å². The summed E-state index contributed by atoms with van der Waals surface area (Å²) in [6.07, 6.45) is 5.39. The second kappa shape index (κ2) is 3.78. The van der Waals surface area contributed by atoms with Crippen LogP contribution in [0.4, 0.5) is 11.4 Å². The molecule has 2 aromatic rings. The molecule has 0 radical (unpaired) electrons. The molecule has 0 aliphatic carbocycles. The van der Waals surface area contributed by atoms with Crippen LogP contribution in [0.15, 0.2) is 28.9 Å². The van der Waals surface area contributed by atoms with E-state index in [-0.39, 0.29) is 5.91 Å². The van der Waals surface area contributed by atoms with Gasteiger partial charge in [0.15, 0.2) is 0 Å². The standard InChI is InChI=1S/C14H13N3O2/c18-14-13-12(16-6-7-17-14)11-8-2-1-5-15-9(8)3-4-10(11)19-13/h3-4,6-7,15-16H,1-2,5H2,(H,17,18). The molecule has 3 heterocycles. The third kappa shape index (κ3) is 1.44. The van der Waals surface area contributed by atoms with Gasteiger partial charge in [0.25, 0.3) is 5.91 Å². The number of nitrogens with one attached hydrogen (secondary N) is 3. The summed E-state index contributed by atoms with van der Waals surface area (Å²) in [5, 5.41) is 10.2. The Balaban J connectivity index is 2.06. The lowest BCUT2D eigenvalue weighted by atomic mass is 9.98. The maximum absolute atomic E-state index is 11.9. The van der Waals surface area contributed by atoms with Crippen LogP contribution in [0.25, 0.3) is 11.0 Å². The van der Waals surface area contributed by atoms with E-state index >= 15 is 0 Å². The highest BCUT2D eigenvalue weighted by Gasteiger charge is 2.25. The van der Waals surface area contributed by atoms with Gasteiger partial charge in [0.2, 0.25) is 5.76 Å². The van der Waals surface area contributed by atoms with Gasteiger partial charge in [0.05, 0.1) is 11.1 Å². The zero-order valence-electron chi connectivity index (χ0n) is 10.2. The normalized spacial score (nSPS) is 16.9. The molecule has 0 spiro atoms. The largest absolute Gasteiger partial charge is 0.449 e. The third-order valence-corrected chi connectivity index (χ3v) is 3.61. The van der Waals surface area contributed by atoms with E-state index in [0.717, 1.165) is 41.7 Å². The van der Waals surface area contributed by atoms with Gasteiger partial charge in [-0.2, -0.15) is 0 Å². The minimum atomic E-state index is -0.218. The van der Waals surface area contributed by atoms with E-state index < -0.39 is 0 Å². The average Bonchev–Trinajstić information content (AvgIpc) is 2.73. The summed E-state index contributed by atoms with van der Waals surface area (Å²) in [5.41, 5.74) is 3.88. The quantitative estimate of drug-likeness (QED) is 0.676. The molecule has 3 N–H and O–H groups in total. The molecular weight excluding hydrogens is 242 g/mol. The number of furan rings is 1. The Morgan fingerprint density at radius 2 is 2.05 bits per heavy atom. The van der Waals surface area contributed by atoms with E-state index in [1.807, 2.05) is 12.1 Å². The number of rotatable bonds is 0. The van der Waals surface area contributed by atoms with E-state index in [9.17, 15) is 4.79 Å². The molecule has 2 aliphatic rings. The maximum Gasteiger partial charge on any atom is 0.293 e. The summed E-state index contributed by atoms with van der Waals surface area (Å²) >= 11 is 0. The molecular formula is C14H13N3O2. The first-order valence-corrected chi connectivity index (χ1v) is 6.39. The van der Waals surface area contributed by atoms with Crippen LogP contribution in [0.3, 0.4) is 0 Å².